The van der Waals surface area contributed by atoms with Gasteiger partial charge in [-0.05, 0) is 42.8 Å². The number of halogens is 1. The van der Waals surface area contributed by atoms with Gasteiger partial charge in [0.2, 0.25) is 20.0 Å². The zero-order chi connectivity index (χ0) is 18.7. The summed E-state index contributed by atoms with van der Waals surface area (Å²) in [4.78, 5) is -0.0722. The van der Waals surface area contributed by atoms with Crippen LogP contribution >= 0.6 is 0 Å². The van der Waals surface area contributed by atoms with Gasteiger partial charge in [0.1, 0.15) is 5.82 Å². The third-order valence-corrected chi connectivity index (χ3v) is 6.14. The summed E-state index contributed by atoms with van der Waals surface area (Å²) >= 11 is 0. The molecule has 0 spiro atoms. The van der Waals surface area contributed by atoms with Crippen LogP contribution in [0.25, 0.3) is 0 Å². The third kappa shape index (κ3) is 5.00. The van der Waals surface area contributed by atoms with Gasteiger partial charge in [-0.2, -0.15) is 0 Å². The SMILES string of the molecule is Cc1cc(S(=O)(=O)NCCN(c2ccccc2)S(C)(=O)=O)ccc1F. The number of sulfonamides is 2. The molecule has 2 aromatic rings. The molecule has 2 rings (SSSR count). The molecule has 6 nitrogen and oxygen atoms in total. The van der Waals surface area contributed by atoms with E-state index in [9.17, 15) is 21.2 Å². The van der Waals surface area contributed by atoms with Crippen LogP contribution in [0.4, 0.5) is 10.1 Å². The van der Waals surface area contributed by atoms with Gasteiger partial charge in [0.05, 0.1) is 16.8 Å². The van der Waals surface area contributed by atoms with E-state index >= 15 is 0 Å². The van der Waals surface area contributed by atoms with Crippen LogP contribution in [0, 0.1) is 12.7 Å². The zero-order valence-electron chi connectivity index (χ0n) is 13.8. The molecule has 136 valence electrons. The molecule has 0 aliphatic heterocycles. The molecule has 0 unspecified atom stereocenters. The second-order valence-corrected chi connectivity index (χ2v) is 9.15. The van der Waals surface area contributed by atoms with Crippen LogP contribution in [0.5, 0.6) is 0 Å². The minimum absolute atomic E-state index is 0.0672. The molecule has 0 saturated carbocycles. The normalized spacial score (nSPS) is 12.1. The van der Waals surface area contributed by atoms with Crippen molar-refractivity contribution < 1.29 is 21.2 Å². The van der Waals surface area contributed by atoms with Crippen LogP contribution in [0.1, 0.15) is 5.56 Å². The molecule has 0 atom stereocenters. The fourth-order valence-corrected chi connectivity index (χ4v) is 4.26. The average molecular weight is 386 g/mol. The van der Waals surface area contributed by atoms with Crippen molar-refractivity contribution in [3.05, 3.63) is 59.9 Å². The van der Waals surface area contributed by atoms with Crippen molar-refractivity contribution in [1.82, 2.24) is 4.72 Å². The van der Waals surface area contributed by atoms with Gasteiger partial charge in [-0.15, -0.1) is 0 Å². The van der Waals surface area contributed by atoms with Crippen LogP contribution in [-0.2, 0) is 20.0 Å². The molecule has 2 aromatic carbocycles. The molecule has 0 aromatic heterocycles. The number of rotatable bonds is 7. The molecule has 25 heavy (non-hydrogen) atoms. The highest BCUT2D eigenvalue weighted by molar-refractivity contribution is 7.92. The third-order valence-electron chi connectivity index (χ3n) is 3.49. The van der Waals surface area contributed by atoms with E-state index in [2.05, 4.69) is 4.72 Å². The van der Waals surface area contributed by atoms with Crippen molar-refractivity contribution in [2.75, 3.05) is 23.7 Å². The minimum Gasteiger partial charge on any atom is -0.269 e. The summed E-state index contributed by atoms with van der Waals surface area (Å²) < 4.78 is 65.1. The van der Waals surface area contributed by atoms with E-state index in [1.165, 1.54) is 13.0 Å². The molecule has 0 heterocycles. The van der Waals surface area contributed by atoms with E-state index in [1.54, 1.807) is 30.3 Å². The van der Waals surface area contributed by atoms with Crippen molar-refractivity contribution in [2.24, 2.45) is 0 Å². The van der Waals surface area contributed by atoms with Gasteiger partial charge < -0.3 is 0 Å². The number of hydrogen-bond acceptors (Lipinski definition) is 4. The lowest BCUT2D eigenvalue weighted by Gasteiger charge is -2.22. The molecule has 0 fully saturated rings. The molecule has 0 amide bonds. The average Bonchev–Trinajstić information content (AvgIpc) is 2.53. The number of benzene rings is 2. The van der Waals surface area contributed by atoms with E-state index < -0.39 is 25.9 Å². The Bertz CT molecular complexity index is 945. The molecule has 0 aliphatic carbocycles. The highest BCUT2D eigenvalue weighted by Crippen LogP contribution is 2.17. The number of nitrogens with zero attached hydrogens (tertiary/aromatic N) is 1. The Morgan fingerprint density at radius 3 is 2.24 bits per heavy atom. The van der Waals surface area contributed by atoms with Gasteiger partial charge in [0.25, 0.3) is 0 Å². The lowest BCUT2D eigenvalue weighted by atomic mass is 10.2. The smallest absolute Gasteiger partial charge is 0.240 e. The van der Waals surface area contributed by atoms with E-state index in [0.717, 1.165) is 22.7 Å². The summed E-state index contributed by atoms with van der Waals surface area (Å²) in [6.07, 6.45) is 1.05. The second kappa shape index (κ2) is 7.51. The van der Waals surface area contributed by atoms with Crippen LogP contribution < -0.4 is 9.03 Å². The fraction of sp³-hybridized carbons (Fsp3) is 0.250. The largest absolute Gasteiger partial charge is 0.269 e. The fourth-order valence-electron chi connectivity index (χ4n) is 2.23. The molecular formula is C16H19FN2O4S2. The van der Waals surface area contributed by atoms with Gasteiger partial charge >= 0.3 is 0 Å². The van der Waals surface area contributed by atoms with Crippen molar-refractivity contribution in [1.29, 1.82) is 0 Å². The first kappa shape index (κ1) is 19.4. The predicted molar refractivity (Wildman–Crippen MR) is 95.0 cm³/mol. The number of anilines is 1. The highest BCUT2D eigenvalue weighted by Gasteiger charge is 2.19. The van der Waals surface area contributed by atoms with Crippen LogP contribution in [0.15, 0.2) is 53.4 Å². The topological polar surface area (TPSA) is 83.6 Å². The maximum Gasteiger partial charge on any atom is 0.240 e. The first-order valence-corrected chi connectivity index (χ1v) is 10.7. The van der Waals surface area contributed by atoms with Crippen molar-refractivity contribution in [3.8, 4) is 0 Å². The van der Waals surface area contributed by atoms with E-state index in [1.807, 2.05) is 0 Å². The standard InChI is InChI=1S/C16H19FN2O4S2/c1-13-12-15(8-9-16(13)17)25(22,23)18-10-11-19(24(2,20)21)14-6-4-3-5-7-14/h3-9,12,18H,10-11H2,1-2H3. The molecular weight excluding hydrogens is 367 g/mol. The van der Waals surface area contributed by atoms with Gasteiger partial charge in [0.15, 0.2) is 0 Å². The quantitative estimate of drug-likeness (QED) is 0.788. The second-order valence-electron chi connectivity index (χ2n) is 5.48. The first-order valence-electron chi connectivity index (χ1n) is 7.40. The first-order chi connectivity index (χ1) is 11.6. The molecule has 0 saturated heterocycles. The summed E-state index contributed by atoms with van der Waals surface area (Å²) in [6.45, 7) is 1.28. The van der Waals surface area contributed by atoms with Crippen molar-refractivity contribution in [2.45, 2.75) is 11.8 Å². The van der Waals surface area contributed by atoms with Crippen LogP contribution in [0.2, 0.25) is 0 Å². The Morgan fingerprint density at radius 1 is 1.04 bits per heavy atom. The summed E-state index contributed by atoms with van der Waals surface area (Å²) in [5.74, 6) is -0.494. The molecule has 9 heteroatoms. The maximum absolute atomic E-state index is 13.3. The number of hydrogen-bond donors (Lipinski definition) is 1. The molecule has 0 radical (unpaired) electrons. The number of para-hydroxylation sites is 1. The van der Waals surface area contributed by atoms with Gasteiger partial charge in [-0.3, -0.25) is 4.31 Å². The number of aryl methyl sites for hydroxylation is 1. The Hall–Kier alpha value is -1.97. The van der Waals surface area contributed by atoms with Crippen LogP contribution in [-0.4, -0.2) is 36.2 Å². The molecule has 0 aliphatic rings. The van der Waals surface area contributed by atoms with Gasteiger partial charge in [-0.1, -0.05) is 18.2 Å². The lowest BCUT2D eigenvalue weighted by molar-refractivity contribution is 0.577. The lowest BCUT2D eigenvalue weighted by Crippen LogP contribution is -2.38. The monoisotopic (exact) mass is 386 g/mol. The minimum atomic E-state index is -3.86. The molecule has 0 bridgehead atoms. The van der Waals surface area contributed by atoms with Gasteiger partial charge in [0, 0.05) is 13.1 Å². The van der Waals surface area contributed by atoms with Gasteiger partial charge in [-0.25, -0.2) is 25.9 Å². The Kier molecular flexibility index (Phi) is 5.81. The van der Waals surface area contributed by atoms with E-state index in [4.69, 9.17) is 0 Å². The van der Waals surface area contributed by atoms with Crippen LogP contribution in [0.3, 0.4) is 0 Å². The summed E-state index contributed by atoms with van der Waals surface area (Å²) in [5.41, 5.74) is 0.659. The Labute approximate surface area is 147 Å². The predicted octanol–water partition coefficient (Wildman–Crippen LogP) is 1.88. The molecule has 1 N–H and O–H groups in total. The Morgan fingerprint density at radius 2 is 1.68 bits per heavy atom. The summed E-state index contributed by atoms with van der Waals surface area (Å²) in [5, 5.41) is 0. The maximum atomic E-state index is 13.3. The zero-order valence-corrected chi connectivity index (χ0v) is 15.4. The number of nitrogens with one attached hydrogen (secondary N) is 1. The summed E-state index contributed by atoms with van der Waals surface area (Å²) in [6, 6.07) is 11.9. The van der Waals surface area contributed by atoms with Crippen molar-refractivity contribution >= 4 is 25.7 Å². The Balaban J connectivity index is 2.12. The van der Waals surface area contributed by atoms with Crippen molar-refractivity contribution in [3.63, 3.8) is 0 Å². The highest BCUT2D eigenvalue weighted by atomic mass is 32.2. The van der Waals surface area contributed by atoms with E-state index in [0.29, 0.717) is 5.69 Å². The summed E-state index contributed by atoms with van der Waals surface area (Å²) in [7, 11) is -7.42. The van der Waals surface area contributed by atoms with E-state index in [-0.39, 0.29) is 23.5 Å².